The molecule has 3 aromatic rings. The molecule has 1 heterocycles. The minimum absolute atomic E-state index is 0.623. The van der Waals surface area contributed by atoms with Crippen molar-refractivity contribution in [1.29, 1.82) is 0 Å². The van der Waals surface area contributed by atoms with Gasteiger partial charge in [0.15, 0.2) is 11.5 Å². The van der Waals surface area contributed by atoms with Gasteiger partial charge in [0.25, 0.3) is 0 Å². The number of imidazole rings is 1. The summed E-state index contributed by atoms with van der Waals surface area (Å²) < 4.78 is 12.9. The van der Waals surface area contributed by atoms with Gasteiger partial charge in [-0.25, -0.2) is 4.98 Å². The minimum Gasteiger partial charge on any atom is -0.493 e. The van der Waals surface area contributed by atoms with E-state index < -0.39 is 0 Å². The van der Waals surface area contributed by atoms with Gasteiger partial charge in [0.1, 0.15) is 0 Å². The number of aromatic nitrogens is 2. The molecule has 2 aromatic carbocycles. The predicted octanol–water partition coefficient (Wildman–Crippen LogP) is 3.59. The standard InChI is InChI=1S/C18H21N3O2/c1-4-23-17-8-5-13(9-18(17)22-3)11-19-14-6-7-16-15(10-14)20-12-21(16)2/h5-10,12,19H,4,11H2,1-3H3. The molecule has 0 saturated heterocycles. The Hall–Kier alpha value is -2.69. The third-order valence-corrected chi connectivity index (χ3v) is 3.75. The highest BCUT2D eigenvalue weighted by Crippen LogP contribution is 2.28. The second-order valence-corrected chi connectivity index (χ2v) is 5.33. The maximum atomic E-state index is 5.54. The van der Waals surface area contributed by atoms with E-state index in [0.717, 1.165) is 33.8 Å². The van der Waals surface area contributed by atoms with E-state index in [9.17, 15) is 0 Å². The van der Waals surface area contributed by atoms with Crippen molar-refractivity contribution in [2.75, 3.05) is 19.0 Å². The van der Waals surface area contributed by atoms with Crippen molar-refractivity contribution in [2.24, 2.45) is 7.05 Å². The summed E-state index contributed by atoms with van der Waals surface area (Å²) in [6, 6.07) is 12.2. The van der Waals surface area contributed by atoms with Gasteiger partial charge in [-0.05, 0) is 42.8 Å². The number of anilines is 1. The second kappa shape index (κ2) is 6.60. The van der Waals surface area contributed by atoms with Crippen LogP contribution in [0.1, 0.15) is 12.5 Å². The number of ether oxygens (including phenoxy) is 2. The monoisotopic (exact) mass is 311 g/mol. The van der Waals surface area contributed by atoms with Crippen LogP contribution in [0, 0.1) is 0 Å². The number of nitrogens with zero attached hydrogens (tertiary/aromatic N) is 2. The molecule has 0 spiro atoms. The fourth-order valence-corrected chi connectivity index (χ4v) is 2.55. The van der Waals surface area contributed by atoms with E-state index >= 15 is 0 Å². The van der Waals surface area contributed by atoms with Crippen LogP contribution in [0.4, 0.5) is 5.69 Å². The van der Waals surface area contributed by atoms with Crippen molar-refractivity contribution in [3.63, 3.8) is 0 Å². The summed E-state index contributed by atoms with van der Waals surface area (Å²) in [4.78, 5) is 4.38. The molecule has 0 saturated carbocycles. The Labute approximate surface area is 135 Å². The number of rotatable bonds is 6. The third-order valence-electron chi connectivity index (χ3n) is 3.75. The first kappa shape index (κ1) is 15.2. The van der Waals surface area contributed by atoms with Crippen molar-refractivity contribution < 1.29 is 9.47 Å². The van der Waals surface area contributed by atoms with Crippen molar-refractivity contribution in [2.45, 2.75) is 13.5 Å². The largest absolute Gasteiger partial charge is 0.493 e. The maximum absolute atomic E-state index is 5.54. The van der Waals surface area contributed by atoms with Gasteiger partial charge < -0.3 is 19.4 Å². The first-order valence-electron chi connectivity index (χ1n) is 7.66. The van der Waals surface area contributed by atoms with Crippen LogP contribution < -0.4 is 14.8 Å². The van der Waals surface area contributed by atoms with Gasteiger partial charge in [-0.2, -0.15) is 0 Å². The predicted molar refractivity (Wildman–Crippen MR) is 92.2 cm³/mol. The highest BCUT2D eigenvalue weighted by Gasteiger charge is 2.06. The zero-order valence-electron chi connectivity index (χ0n) is 13.7. The second-order valence-electron chi connectivity index (χ2n) is 5.33. The van der Waals surface area contributed by atoms with E-state index in [1.807, 2.05) is 43.1 Å². The van der Waals surface area contributed by atoms with Gasteiger partial charge in [-0.1, -0.05) is 6.07 Å². The number of hydrogen-bond acceptors (Lipinski definition) is 4. The number of methoxy groups -OCH3 is 1. The third kappa shape index (κ3) is 3.23. The maximum Gasteiger partial charge on any atom is 0.161 e. The van der Waals surface area contributed by atoms with E-state index in [1.165, 1.54) is 0 Å². The van der Waals surface area contributed by atoms with E-state index in [-0.39, 0.29) is 0 Å². The van der Waals surface area contributed by atoms with Gasteiger partial charge >= 0.3 is 0 Å². The van der Waals surface area contributed by atoms with Gasteiger partial charge in [0, 0.05) is 19.3 Å². The summed E-state index contributed by atoms with van der Waals surface area (Å²) in [5.74, 6) is 1.53. The Morgan fingerprint density at radius 1 is 1.13 bits per heavy atom. The fraction of sp³-hybridized carbons (Fsp3) is 0.278. The number of hydrogen-bond donors (Lipinski definition) is 1. The van der Waals surface area contributed by atoms with E-state index in [4.69, 9.17) is 9.47 Å². The average Bonchev–Trinajstić information content (AvgIpc) is 2.95. The molecule has 0 atom stereocenters. The summed E-state index contributed by atoms with van der Waals surface area (Å²) in [7, 11) is 3.65. The molecule has 3 rings (SSSR count). The first-order chi connectivity index (χ1) is 11.2. The molecule has 0 bridgehead atoms. The Bertz CT molecular complexity index is 811. The molecule has 0 aliphatic rings. The fourth-order valence-electron chi connectivity index (χ4n) is 2.55. The molecule has 0 amide bonds. The molecule has 1 N–H and O–H groups in total. The molecule has 0 radical (unpaired) electrons. The lowest BCUT2D eigenvalue weighted by Crippen LogP contribution is -2.01. The van der Waals surface area contributed by atoms with E-state index in [2.05, 4.69) is 28.5 Å². The van der Waals surface area contributed by atoms with Crippen LogP contribution in [0.3, 0.4) is 0 Å². The minimum atomic E-state index is 0.623. The highest BCUT2D eigenvalue weighted by molar-refractivity contribution is 5.79. The molecule has 5 heteroatoms. The lowest BCUT2D eigenvalue weighted by molar-refractivity contribution is 0.310. The molecule has 23 heavy (non-hydrogen) atoms. The van der Waals surface area contributed by atoms with Gasteiger partial charge in [0.2, 0.25) is 0 Å². The normalized spacial score (nSPS) is 10.7. The van der Waals surface area contributed by atoms with Crippen LogP contribution >= 0.6 is 0 Å². The molecule has 0 fully saturated rings. The number of aryl methyl sites for hydroxylation is 1. The quantitative estimate of drug-likeness (QED) is 0.756. The van der Waals surface area contributed by atoms with E-state index in [1.54, 1.807) is 7.11 Å². The Balaban J connectivity index is 1.73. The number of fused-ring (bicyclic) bond motifs is 1. The lowest BCUT2D eigenvalue weighted by atomic mass is 10.2. The van der Waals surface area contributed by atoms with Crippen molar-refractivity contribution >= 4 is 16.7 Å². The van der Waals surface area contributed by atoms with Crippen LogP contribution in [0.25, 0.3) is 11.0 Å². The van der Waals surface area contributed by atoms with Crippen molar-refractivity contribution in [1.82, 2.24) is 9.55 Å². The van der Waals surface area contributed by atoms with Crippen LogP contribution in [-0.4, -0.2) is 23.3 Å². The van der Waals surface area contributed by atoms with Crippen LogP contribution in [0.2, 0.25) is 0 Å². The summed E-state index contributed by atoms with van der Waals surface area (Å²) >= 11 is 0. The first-order valence-corrected chi connectivity index (χ1v) is 7.66. The molecule has 0 aliphatic heterocycles. The van der Waals surface area contributed by atoms with Crippen LogP contribution in [0.15, 0.2) is 42.7 Å². The Morgan fingerprint density at radius 3 is 2.78 bits per heavy atom. The Kier molecular flexibility index (Phi) is 4.37. The van der Waals surface area contributed by atoms with Crippen LogP contribution in [-0.2, 0) is 13.6 Å². The summed E-state index contributed by atoms with van der Waals surface area (Å²) in [6.45, 7) is 3.29. The zero-order chi connectivity index (χ0) is 16.2. The zero-order valence-corrected chi connectivity index (χ0v) is 13.7. The van der Waals surface area contributed by atoms with E-state index in [0.29, 0.717) is 13.2 Å². The molecule has 5 nitrogen and oxygen atoms in total. The topological polar surface area (TPSA) is 48.3 Å². The van der Waals surface area contributed by atoms with Crippen molar-refractivity contribution in [3.8, 4) is 11.5 Å². The summed E-state index contributed by atoms with van der Waals surface area (Å²) in [6.07, 6.45) is 1.83. The highest BCUT2D eigenvalue weighted by atomic mass is 16.5. The molecule has 0 unspecified atom stereocenters. The van der Waals surface area contributed by atoms with Gasteiger partial charge in [-0.15, -0.1) is 0 Å². The van der Waals surface area contributed by atoms with Gasteiger partial charge in [0.05, 0.1) is 31.1 Å². The molecular weight excluding hydrogens is 290 g/mol. The SMILES string of the molecule is CCOc1ccc(CNc2ccc3c(c2)ncn3C)cc1OC. The number of benzene rings is 2. The molecular formula is C18H21N3O2. The Morgan fingerprint density at radius 2 is 2.00 bits per heavy atom. The van der Waals surface area contributed by atoms with Crippen molar-refractivity contribution in [3.05, 3.63) is 48.3 Å². The lowest BCUT2D eigenvalue weighted by Gasteiger charge is -2.12. The van der Waals surface area contributed by atoms with Crippen LogP contribution in [0.5, 0.6) is 11.5 Å². The molecule has 0 aliphatic carbocycles. The molecule has 120 valence electrons. The number of nitrogens with one attached hydrogen (secondary N) is 1. The smallest absolute Gasteiger partial charge is 0.161 e. The average molecular weight is 311 g/mol. The van der Waals surface area contributed by atoms with Gasteiger partial charge in [-0.3, -0.25) is 0 Å². The summed E-state index contributed by atoms with van der Waals surface area (Å²) in [5, 5.41) is 3.42. The molecule has 1 aromatic heterocycles. The summed E-state index contributed by atoms with van der Waals surface area (Å²) in [5.41, 5.74) is 4.29.